The molecule has 3 nitrogen and oxygen atoms in total. The van der Waals surface area contributed by atoms with E-state index < -0.39 is 16.3 Å². The van der Waals surface area contributed by atoms with Gasteiger partial charge in [0.2, 0.25) is 0 Å². The Morgan fingerprint density at radius 3 is 2.33 bits per heavy atom. The molecule has 0 saturated carbocycles. The van der Waals surface area contributed by atoms with Crippen molar-refractivity contribution < 1.29 is 9.90 Å². The van der Waals surface area contributed by atoms with E-state index in [0.29, 0.717) is 0 Å². The first-order chi connectivity index (χ1) is 11.4. The van der Waals surface area contributed by atoms with Crippen LogP contribution in [0.1, 0.15) is 28.3 Å². The lowest BCUT2D eigenvalue weighted by atomic mass is 9.86. The number of aliphatic imine (C=N–C) groups is 1. The molecule has 122 valence electrons. The summed E-state index contributed by atoms with van der Waals surface area (Å²) in [6, 6.07) is 15.0. The number of alkyl halides is 1. The van der Waals surface area contributed by atoms with Crippen LogP contribution < -0.4 is 5.11 Å². The molecular formula is C20H17BrNO2-. The molecule has 3 rings (SSSR count). The van der Waals surface area contributed by atoms with Gasteiger partial charge in [-0.1, -0.05) is 70.5 Å². The second-order valence-corrected chi connectivity index (χ2v) is 7.32. The summed E-state index contributed by atoms with van der Waals surface area (Å²) in [5.74, 6) is -1.20. The number of carbonyl (C=O) groups excluding carboxylic acids is 1. The number of halogens is 1. The molecule has 2 aromatic carbocycles. The number of dihydropyridines is 1. The lowest BCUT2D eigenvalue weighted by Crippen LogP contribution is -2.33. The number of carbonyl (C=O) groups is 1. The summed E-state index contributed by atoms with van der Waals surface area (Å²) < 4.78 is -0.743. The molecule has 2 aromatic rings. The number of benzene rings is 2. The Hall–Kier alpha value is -2.20. The first kappa shape index (κ1) is 16.7. The third-order valence-corrected chi connectivity index (χ3v) is 5.21. The third kappa shape index (κ3) is 2.94. The zero-order valence-electron chi connectivity index (χ0n) is 13.5. The summed E-state index contributed by atoms with van der Waals surface area (Å²) >= 11 is 3.67. The zero-order valence-corrected chi connectivity index (χ0v) is 15.1. The molecule has 24 heavy (non-hydrogen) atoms. The first-order valence-corrected chi connectivity index (χ1v) is 8.50. The maximum atomic E-state index is 11.8. The average Bonchev–Trinajstić information content (AvgIpc) is 2.56. The number of allylic oxidation sites excluding steroid dienone is 1. The lowest BCUT2D eigenvalue weighted by molar-refractivity contribution is -0.299. The highest BCUT2D eigenvalue weighted by molar-refractivity contribution is 9.10. The summed E-state index contributed by atoms with van der Waals surface area (Å²) in [7, 11) is 0. The number of carboxylic acid groups (broad SMARTS) is 1. The Morgan fingerprint density at radius 1 is 1.08 bits per heavy atom. The first-order valence-electron chi connectivity index (χ1n) is 7.71. The number of rotatable bonds is 3. The topological polar surface area (TPSA) is 52.5 Å². The number of aryl methyl sites for hydroxylation is 2. The van der Waals surface area contributed by atoms with E-state index in [2.05, 4.69) is 20.9 Å². The molecule has 0 aromatic heterocycles. The Morgan fingerprint density at radius 2 is 1.71 bits per heavy atom. The monoisotopic (exact) mass is 382 g/mol. The molecule has 0 amide bonds. The van der Waals surface area contributed by atoms with Crippen molar-refractivity contribution in [2.75, 3.05) is 0 Å². The quantitative estimate of drug-likeness (QED) is 0.763. The van der Waals surface area contributed by atoms with E-state index in [1.54, 1.807) is 12.3 Å². The fourth-order valence-electron chi connectivity index (χ4n) is 3.07. The minimum Gasteiger partial charge on any atom is -0.545 e. The standard InChI is InChI=1S/C20H18BrNO2/c1-13-7-3-5-9-15(13)18-16(19(23)24)11-20(21,12-22-18)17-10-6-4-8-14(17)2/h3-12,18H,1-2H3,(H,23,24)/p-1. The van der Waals surface area contributed by atoms with Gasteiger partial charge in [0, 0.05) is 11.8 Å². The zero-order chi connectivity index (χ0) is 17.3. The molecular weight excluding hydrogens is 366 g/mol. The van der Waals surface area contributed by atoms with Crippen LogP contribution in [0.3, 0.4) is 0 Å². The molecule has 0 spiro atoms. The molecule has 4 heteroatoms. The van der Waals surface area contributed by atoms with Crippen LogP contribution in [0.5, 0.6) is 0 Å². The van der Waals surface area contributed by atoms with E-state index in [4.69, 9.17) is 0 Å². The number of carboxylic acids is 1. The van der Waals surface area contributed by atoms with Gasteiger partial charge >= 0.3 is 0 Å². The van der Waals surface area contributed by atoms with Crippen molar-refractivity contribution in [2.45, 2.75) is 24.2 Å². The van der Waals surface area contributed by atoms with Gasteiger partial charge in [-0.2, -0.15) is 0 Å². The van der Waals surface area contributed by atoms with Gasteiger partial charge < -0.3 is 9.90 Å². The predicted molar refractivity (Wildman–Crippen MR) is 97.3 cm³/mol. The molecule has 0 fully saturated rings. The molecule has 1 aliphatic rings. The summed E-state index contributed by atoms with van der Waals surface area (Å²) in [6.07, 6.45) is 3.48. The summed E-state index contributed by atoms with van der Waals surface area (Å²) in [6.45, 7) is 3.95. The fraction of sp³-hybridized carbons (Fsp3) is 0.200. The largest absolute Gasteiger partial charge is 0.545 e. The van der Waals surface area contributed by atoms with E-state index in [0.717, 1.165) is 22.3 Å². The van der Waals surface area contributed by atoms with Gasteiger partial charge in [0.15, 0.2) is 0 Å². The second kappa shape index (κ2) is 6.36. The van der Waals surface area contributed by atoms with Gasteiger partial charge in [0.1, 0.15) is 10.4 Å². The van der Waals surface area contributed by atoms with Gasteiger partial charge in [0.25, 0.3) is 0 Å². The van der Waals surface area contributed by atoms with Crippen LogP contribution in [0.4, 0.5) is 0 Å². The number of hydrogen-bond donors (Lipinski definition) is 0. The smallest absolute Gasteiger partial charge is 0.104 e. The van der Waals surface area contributed by atoms with Crippen LogP contribution in [-0.4, -0.2) is 12.2 Å². The fourth-order valence-corrected chi connectivity index (χ4v) is 3.88. The molecule has 0 bridgehead atoms. The van der Waals surface area contributed by atoms with Gasteiger partial charge in [-0.3, -0.25) is 4.99 Å². The maximum Gasteiger partial charge on any atom is 0.104 e. The van der Waals surface area contributed by atoms with Crippen LogP contribution >= 0.6 is 15.9 Å². The number of aliphatic carboxylic acids is 1. The highest BCUT2D eigenvalue weighted by atomic mass is 79.9. The van der Waals surface area contributed by atoms with Crippen molar-refractivity contribution >= 4 is 28.1 Å². The van der Waals surface area contributed by atoms with E-state index in [1.807, 2.05) is 62.4 Å². The SMILES string of the molecule is Cc1ccccc1C1N=CC(Br)(c2ccccc2C)C=C1C(=O)[O-]. The Kier molecular flexibility index (Phi) is 4.41. The van der Waals surface area contributed by atoms with Crippen molar-refractivity contribution in [2.24, 2.45) is 4.99 Å². The van der Waals surface area contributed by atoms with Crippen LogP contribution in [0.25, 0.3) is 0 Å². The van der Waals surface area contributed by atoms with Crippen LogP contribution in [0.15, 0.2) is 65.2 Å². The molecule has 2 atom stereocenters. The van der Waals surface area contributed by atoms with E-state index in [-0.39, 0.29) is 5.57 Å². The Labute approximate surface area is 149 Å². The van der Waals surface area contributed by atoms with Gasteiger partial charge in [0.05, 0.1) is 5.97 Å². The van der Waals surface area contributed by atoms with Crippen molar-refractivity contribution in [3.63, 3.8) is 0 Å². The predicted octanol–water partition coefficient (Wildman–Crippen LogP) is 3.40. The highest BCUT2D eigenvalue weighted by Gasteiger charge is 2.33. The van der Waals surface area contributed by atoms with E-state index in [9.17, 15) is 9.90 Å². The van der Waals surface area contributed by atoms with Crippen LogP contribution in [0.2, 0.25) is 0 Å². The van der Waals surface area contributed by atoms with Crippen molar-refractivity contribution in [1.29, 1.82) is 0 Å². The number of hydrogen-bond acceptors (Lipinski definition) is 3. The van der Waals surface area contributed by atoms with E-state index in [1.165, 1.54) is 0 Å². The summed E-state index contributed by atoms with van der Waals surface area (Å²) in [5, 5.41) is 11.8. The molecule has 0 aliphatic carbocycles. The number of nitrogens with zero attached hydrogens (tertiary/aromatic N) is 1. The highest BCUT2D eigenvalue weighted by Crippen LogP contribution is 2.41. The lowest BCUT2D eigenvalue weighted by Gasteiger charge is -2.31. The summed E-state index contributed by atoms with van der Waals surface area (Å²) in [5.41, 5.74) is 4.08. The Balaban J connectivity index is 2.11. The molecule has 0 radical (unpaired) electrons. The molecule has 2 unspecified atom stereocenters. The Bertz CT molecular complexity index is 856. The minimum atomic E-state index is -1.20. The second-order valence-electron chi connectivity index (χ2n) is 6.01. The molecule has 0 N–H and O–H groups in total. The summed E-state index contributed by atoms with van der Waals surface area (Å²) in [4.78, 5) is 16.4. The van der Waals surface area contributed by atoms with E-state index >= 15 is 0 Å². The molecule has 1 aliphatic heterocycles. The molecule has 1 heterocycles. The van der Waals surface area contributed by atoms with Gasteiger partial charge in [-0.05, 0) is 36.1 Å². The van der Waals surface area contributed by atoms with Crippen molar-refractivity contribution in [3.8, 4) is 0 Å². The maximum absolute atomic E-state index is 11.8. The molecule has 0 saturated heterocycles. The van der Waals surface area contributed by atoms with Crippen molar-refractivity contribution in [3.05, 3.63) is 82.4 Å². The normalized spacial score (nSPS) is 23.0. The van der Waals surface area contributed by atoms with Crippen molar-refractivity contribution in [1.82, 2.24) is 0 Å². The van der Waals surface area contributed by atoms with Gasteiger partial charge in [-0.15, -0.1) is 0 Å². The van der Waals surface area contributed by atoms with Crippen LogP contribution in [-0.2, 0) is 9.12 Å². The average molecular weight is 383 g/mol. The van der Waals surface area contributed by atoms with Crippen LogP contribution in [0, 0.1) is 13.8 Å². The third-order valence-electron chi connectivity index (χ3n) is 4.35. The minimum absolute atomic E-state index is 0.173. The van der Waals surface area contributed by atoms with Gasteiger partial charge in [-0.25, -0.2) is 0 Å².